The summed E-state index contributed by atoms with van der Waals surface area (Å²) in [5.74, 6) is -1.58. The van der Waals surface area contributed by atoms with Crippen LogP contribution in [0.1, 0.15) is 30.6 Å². The number of nitrogens with zero attached hydrogens (tertiary/aromatic N) is 1. The van der Waals surface area contributed by atoms with Crippen LogP contribution in [0.3, 0.4) is 0 Å². The number of amides is 4. The topological polar surface area (TPSA) is 105 Å². The first kappa shape index (κ1) is 18.4. The van der Waals surface area contributed by atoms with Crippen molar-refractivity contribution in [2.45, 2.75) is 37.6 Å². The van der Waals surface area contributed by atoms with Crippen molar-refractivity contribution in [3.63, 3.8) is 0 Å². The molecule has 0 bridgehead atoms. The van der Waals surface area contributed by atoms with Gasteiger partial charge >= 0.3 is 12.0 Å². The van der Waals surface area contributed by atoms with E-state index in [9.17, 15) is 19.2 Å². The largest absolute Gasteiger partial charge is 0.454 e. The molecule has 2 N–H and O–H groups in total. The summed E-state index contributed by atoms with van der Waals surface area (Å²) >= 11 is 1.61. The molecule has 1 aliphatic heterocycles. The van der Waals surface area contributed by atoms with E-state index in [0.29, 0.717) is 25.8 Å². The summed E-state index contributed by atoms with van der Waals surface area (Å²) in [6.07, 6.45) is 3.64. The average Bonchev–Trinajstić information content (AvgIpc) is 3.33. The molecular weight excluding hydrogens is 358 g/mol. The van der Waals surface area contributed by atoms with E-state index in [4.69, 9.17) is 4.74 Å². The molecule has 0 radical (unpaired) electrons. The van der Waals surface area contributed by atoms with E-state index in [1.807, 2.05) is 17.5 Å². The summed E-state index contributed by atoms with van der Waals surface area (Å²) in [7, 11) is 0. The first-order valence-corrected chi connectivity index (χ1v) is 9.47. The van der Waals surface area contributed by atoms with Gasteiger partial charge in [-0.1, -0.05) is 18.9 Å². The van der Waals surface area contributed by atoms with E-state index < -0.39 is 36.6 Å². The number of ether oxygens (including phenoxy) is 1. The number of urea groups is 1. The highest BCUT2D eigenvalue weighted by Gasteiger charge is 2.52. The zero-order valence-corrected chi connectivity index (χ0v) is 15.1. The van der Waals surface area contributed by atoms with E-state index in [1.54, 1.807) is 11.3 Å². The zero-order valence-electron chi connectivity index (χ0n) is 14.3. The Labute approximate surface area is 154 Å². The van der Waals surface area contributed by atoms with Crippen LogP contribution < -0.4 is 10.6 Å². The van der Waals surface area contributed by atoms with Gasteiger partial charge in [-0.15, -0.1) is 11.3 Å². The van der Waals surface area contributed by atoms with Gasteiger partial charge in [0.2, 0.25) is 0 Å². The van der Waals surface area contributed by atoms with Crippen LogP contribution in [0.4, 0.5) is 4.79 Å². The van der Waals surface area contributed by atoms with Gasteiger partial charge < -0.3 is 15.4 Å². The lowest BCUT2D eigenvalue weighted by Crippen LogP contribution is -2.44. The second kappa shape index (κ2) is 7.86. The van der Waals surface area contributed by atoms with Crippen molar-refractivity contribution < 1.29 is 23.9 Å². The number of hydrogen-bond acceptors (Lipinski definition) is 6. The highest BCUT2D eigenvalue weighted by atomic mass is 32.1. The fourth-order valence-corrected chi connectivity index (χ4v) is 4.00. The average molecular weight is 379 g/mol. The summed E-state index contributed by atoms with van der Waals surface area (Å²) in [4.78, 5) is 50.0. The van der Waals surface area contributed by atoms with Crippen LogP contribution in [0.25, 0.3) is 0 Å². The van der Waals surface area contributed by atoms with Gasteiger partial charge in [-0.2, -0.15) is 0 Å². The van der Waals surface area contributed by atoms with E-state index in [-0.39, 0.29) is 5.91 Å². The van der Waals surface area contributed by atoms with Crippen molar-refractivity contribution >= 4 is 35.2 Å². The molecule has 26 heavy (non-hydrogen) atoms. The minimum Gasteiger partial charge on any atom is -0.454 e. The summed E-state index contributed by atoms with van der Waals surface area (Å²) in [5.41, 5.74) is -0.851. The number of imide groups is 1. The minimum atomic E-state index is -0.851. The van der Waals surface area contributed by atoms with Crippen molar-refractivity contribution in [3.05, 3.63) is 22.4 Å². The van der Waals surface area contributed by atoms with Gasteiger partial charge in [0.25, 0.3) is 11.8 Å². The maximum Gasteiger partial charge on any atom is 0.326 e. The number of rotatable bonds is 7. The third-order valence-corrected chi connectivity index (χ3v) is 5.56. The maximum atomic E-state index is 12.4. The zero-order chi connectivity index (χ0) is 18.6. The third-order valence-electron chi connectivity index (χ3n) is 4.63. The summed E-state index contributed by atoms with van der Waals surface area (Å²) in [5, 5.41) is 7.31. The van der Waals surface area contributed by atoms with Crippen molar-refractivity contribution in [2.75, 3.05) is 19.7 Å². The molecule has 1 aromatic rings. The predicted molar refractivity (Wildman–Crippen MR) is 93.4 cm³/mol. The predicted octanol–water partition coefficient (Wildman–Crippen LogP) is 0.815. The standard InChI is InChI=1S/C17H21N3O5S/c21-13(18-8-5-12-4-3-9-26-12)11-25-14(22)10-20-15(23)17(19-16(20)24)6-1-2-7-17/h3-4,9H,1-2,5-8,10-11H2,(H,18,21)(H,19,24). The van der Waals surface area contributed by atoms with Crippen LogP contribution in [0.5, 0.6) is 0 Å². The van der Waals surface area contributed by atoms with Gasteiger partial charge in [0.1, 0.15) is 12.1 Å². The highest BCUT2D eigenvalue weighted by Crippen LogP contribution is 2.34. The van der Waals surface area contributed by atoms with E-state index in [1.165, 1.54) is 0 Å². The molecule has 140 valence electrons. The number of carbonyl (C=O) groups is 4. The van der Waals surface area contributed by atoms with Gasteiger partial charge in [0.15, 0.2) is 6.61 Å². The van der Waals surface area contributed by atoms with Crippen molar-refractivity contribution in [3.8, 4) is 0 Å². The summed E-state index contributed by atoms with van der Waals surface area (Å²) in [6.45, 7) is -0.459. The van der Waals surface area contributed by atoms with Gasteiger partial charge in [0.05, 0.1) is 0 Å². The Morgan fingerprint density at radius 2 is 2.08 bits per heavy atom. The Bertz CT molecular complexity index is 697. The fraction of sp³-hybridized carbons (Fsp3) is 0.529. The monoisotopic (exact) mass is 379 g/mol. The number of carbonyl (C=O) groups excluding carboxylic acids is 4. The molecule has 8 nitrogen and oxygen atoms in total. The van der Waals surface area contributed by atoms with E-state index in [2.05, 4.69) is 10.6 Å². The van der Waals surface area contributed by atoms with Gasteiger partial charge in [-0.05, 0) is 30.7 Å². The Morgan fingerprint density at radius 3 is 2.77 bits per heavy atom. The van der Waals surface area contributed by atoms with Crippen LogP contribution in [0, 0.1) is 0 Å². The van der Waals surface area contributed by atoms with Crippen LogP contribution in [-0.4, -0.2) is 54.0 Å². The van der Waals surface area contributed by atoms with Crippen LogP contribution in [-0.2, 0) is 25.5 Å². The van der Waals surface area contributed by atoms with Gasteiger partial charge in [-0.3, -0.25) is 19.3 Å². The maximum absolute atomic E-state index is 12.4. The highest BCUT2D eigenvalue weighted by molar-refractivity contribution is 7.09. The molecule has 1 spiro atoms. The first-order chi connectivity index (χ1) is 12.5. The molecule has 0 unspecified atom stereocenters. The minimum absolute atomic E-state index is 0.377. The summed E-state index contributed by atoms with van der Waals surface area (Å²) in [6, 6.07) is 3.34. The Morgan fingerprint density at radius 1 is 1.31 bits per heavy atom. The second-order valence-electron chi connectivity index (χ2n) is 6.45. The molecular formula is C17H21N3O5S. The smallest absolute Gasteiger partial charge is 0.326 e. The molecule has 1 aromatic heterocycles. The molecule has 2 fully saturated rings. The van der Waals surface area contributed by atoms with Gasteiger partial charge in [-0.25, -0.2) is 4.79 Å². The molecule has 4 amide bonds. The van der Waals surface area contributed by atoms with E-state index in [0.717, 1.165) is 22.6 Å². The van der Waals surface area contributed by atoms with Crippen molar-refractivity contribution in [1.82, 2.24) is 15.5 Å². The third kappa shape index (κ3) is 4.04. The molecule has 2 heterocycles. The lowest BCUT2D eigenvalue weighted by molar-refractivity contribution is -0.151. The lowest BCUT2D eigenvalue weighted by atomic mass is 9.98. The van der Waals surface area contributed by atoms with Crippen LogP contribution in [0.2, 0.25) is 0 Å². The van der Waals surface area contributed by atoms with Crippen LogP contribution in [0.15, 0.2) is 17.5 Å². The van der Waals surface area contributed by atoms with Crippen LogP contribution >= 0.6 is 11.3 Å². The molecule has 9 heteroatoms. The second-order valence-corrected chi connectivity index (χ2v) is 7.48. The molecule has 1 saturated carbocycles. The Kier molecular flexibility index (Phi) is 5.55. The first-order valence-electron chi connectivity index (χ1n) is 8.59. The Balaban J connectivity index is 1.39. The number of thiophene rings is 1. The summed E-state index contributed by atoms with van der Waals surface area (Å²) < 4.78 is 4.88. The normalized spacial score (nSPS) is 18.2. The molecule has 1 aliphatic carbocycles. The van der Waals surface area contributed by atoms with Crippen molar-refractivity contribution in [1.29, 1.82) is 0 Å². The van der Waals surface area contributed by atoms with E-state index >= 15 is 0 Å². The SMILES string of the molecule is O=C(COC(=O)CN1C(=O)NC2(CCCC2)C1=O)NCCc1cccs1. The van der Waals surface area contributed by atoms with Gasteiger partial charge in [0, 0.05) is 11.4 Å². The number of hydrogen-bond donors (Lipinski definition) is 2. The quantitative estimate of drug-likeness (QED) is 0.539. The lowest BCUT2D eigenvalue weighted by Gasteiger charge is -2.19. The molecule has 0 aromatic carbocycles. The molecule has 3 rings (SSSR count). The number of esters is 1. The molecule has 1 saturated heterocycles. The fourth-order valence-electron chi connectivity index (χ4n) is 3.29. The number of nitrogens with one attached hydrogen (secondary N) is 2. The Hall–Kier alpha value is -2.42. The molecule has 2 aliphatic rings. The van der Waals surface area contributed by atoms with Crippen molar-refractivity contribution in [2.24, 2.45) is 0 Å². The molecule has 0 atom stereocenters.